The van der Waals surface area contributed by atoms with Gasteiger partial charge < -0.3 is 10.2 Å². The first kappa shape index (κ1) is 26.8. The molecule has 0 unspecified atom stereocenters. The van der Waals surface area contributed by atoms with Crippen molar-refractivity contribution in [2.75, 3.05) is 19.3 Å². The van der Waals surface area contributed by atoms with Gasteiger partial charge in [0.1, 0.15) is 5.69 Å². The van der Waals surface area contributed by atoms with Gasteiger partial charge >= 0.3 is 6.18 Å². The molecule has 1 aromatic heterocycles. The molecular weight excluding hydrogens is 527 g/mol. The van der Waals surface area contributed by atoms with Gasteiger partial charge in [0.2, 0.25) is 0 Å². The average molecular weight is 552 g/mol. The highest BCUT2D eigenvalue weighted by Gasteiger charge is 2.36. The lowest BCUT2D eigenvalue weighted by molar-refractivity contribution is -0.138. The van der Waals surface area contributed by atoms with E-state index in [-0.39, 0.29) is 34.5 Å². The van der Waals surface area contributed by atoms with E-state index in [9.17, 15) is 31.2 Å². The van der Waals surface area contributed by atoms with Gasteiger partial charge in [0.15, 0.2) is 9.84 Å². The summed E-state index contributed by atoms with van der Waals surface area (Å²) in [7, 11) is -3.30. The van der Waals surface area contributed by atoms with Crippen LogP contribution >= 0.6 is 11.3 Å². The van der Waals surface area contributed by atoms with Crippen LogP contribution in [-0.4, -0.2) is 49.5 Å². The standard InChI is InChI=1S/C25H24F3N3O4S2/c1-37(34,35)18-8-6-16(7-9-18)14-29-22(32)21-15-36-23(30-21)17-10-12-31(13-11-17)24(33)19-4-2-3-5-20(19)25(26,27)28/h2-9,15,17H,10-14H2,1H3,(H,29,32). The van der Waals surface area contributed by atoms with Gasteiger partial charge in [0.25, 0.3) is 11.8 Å². The van der Waals surface area contributed by atoms with Gasteiger partial charge in [0.05, 0.1) is 21.0 Å². The number of nitrogens with one attached hydrogen (secondary N) is 1. The number of hydrogen-bond donors (Lipinski definition) is 1. The molecule has 2 heterocycles. The molecule has 1 N–H and O–H groups in total. The van der Waals surface area contributed by atoms with Crippen molar-refractivity contribution in [2.24, 2.45) is 0 Å². The summed E-state index contributed by atoms with van der Waals surface area (Å²) in [5, 5.41) is 5.15. The molecule has 1 aliphatic rings. The smallest absolute Gasteiger partial charge is 0.347 e. The fraction of sp³-hybridized carbons (Fsp3) is 0.320. The molecule has 1 saturated heterocycles. The van der Waals surface area contributed by atoms with Crippen LogP contribution in [0.4, 0.5) is 13.2 Å². The second-order valence-electron chi connectivity index (χ2n) is 8.78. The van der Waals surface area contributed by atoms with E-state index in [2.05, 4.69) is 10.3 Å². The number of thiazole rings is 1. The van der Waals surface area contributed by atoms with Crippen molar-refractivity contribution in [3.05, 3.63) is 81.3 Å². The summed E-state index contributed by atoms with van der Waals surface area (Å²) in [6.07, 6.45) is -2.43. The predicted molar refractivity (Wildman–Crippen MR) is 132 cm³/mol. The maximum absolute atomic E-state index is 13.3. The molecular formula is C25H24F3N3O4S2. The molecule has 12 heteroatoms. The van der Waals surface area contributed by atoms with Gasteiger partial charge in [-0.1, -0.05) is 24.3 Å². The van der Waals surface area contributed by atoms with Crippen molar-refractivity contribution in [2.45, 2.75) is 36.4 Å². The second-order valence-corrected chi connectivity index (χ2v) is 11.7. The van der Waals surface area contributed by atoms with Crippen molar-refractivity contribution in [1.82, 2.24) is 15.2 Å². The van der Waals surface area contributed by atoms with Crippen LogP contribution < -0.4 is 5.32 Å². The molecule has 196 valence electrons. The van der Waals surface area contributed by atoms with Gasteiger partial charge in [-0.2, -0.15) is 13.2 Å². The van der Waals surface area contributed by atoms with Gasteiger partial charge in [0, 0.05) is 37.2 Å². The molecule has 2 aromatic carbocycles. The molecule has 0 aliphatic carbocycles. The number of benzene rings is 2. The number of aromatic nitrogens is 1. The largest absolute Gasteiger partial charge is 0.417 e. The number of sulfone groups is 1. The van der Waals surface area contributed by atoms with E-state index in [0.717, 1.165) is 22.9 Å². The highest BCUT2D eigenvalue weighted by molar-refractivity contribution is 7.90. The number of carbonyl (C=O) groups is 2. The Bertz CT molecular complexity index is 1400. The first-order valence-corrected chi connectivity index (χ1v) is 14.2. The Morgan fingerprint density at radius 3 is 2.35 bits per heavy atom. The number of amides is 2. The maximum Gasteiger partial charge on any atom is 0.417 e. The minimum Gasteiger partial charge on any atom is -0.347 e. The van der Waals surface area contributed by atoms with Crippen LogP contribution in [0.5, 0.6) is 0 Å². The zero-order chi connectivity index (χ0) is 26.8. The third-order valence-corrected chi connectivity index (χ3v) is 8.29. The van der Waals surface area contributed by atoms with E-state index in [1.54, 1.807) is 17.5 Å². The van der Waals surface area contributed by atoms with E-state index in [0.29, 0.717) is 25.9 Å². The van der Waals surface area contributed by atoms with Crippen LogP contribution in [0.15, 0.2) is 58.8 Å². The number of carbonyl (C=O) groups excluding carboxylic acids is 2. The summed E-state index contributed by atoms with van der Waals surface area (Å²) < 4.78 is 63.0. The minimum atomic E-state index is -4.61. The first-order chi connectivity index (χ1) is 17.4. The van der Waals surface area contributed by atoms with E-state index in [4.69, 9.17) is 0 Å². The third kappa shape index (κ3) is 6.37. The molecule has 1 fully saturated rings. The summed E-state index contributed by atoms with van der Waals surface area (Å²) in [4.78, 5) is 31.4. The summed E-state index contributed by atoms with van der Waals surface area (Å²) in [6, 6.07) is 11.0. The Balaban J connectivity index is 1.33. The van der Waals surface area contributed by atoms with E-state index in [1.807, 2.05) is 0 Å². The lowest BCUT2D eigenvalue weighted by atomic mass is 9.96. The molecule has 37 heavy (non-hydrogen) atoms. The summed E-state index contributed by atoms with van der Waals surface area (Å²) in [5.74, 6) is -1.02. The molecule has 0 spiro atoms. The zero-order valence-electron chi connectivity index (χ0n) is 19.8. The molecule has 0 saturated carbocycles. The van der Waals surface area contributed by atoms with Gasteiger partial charge in [-0.05, 0) is 42.7 Å². The SMILES string of the molecule is CS(=O)(=O)c1ccc(CNC(=O)c2csc(C3CCN(C(=O)c4ccccc4C(F)(F)F)CC3)n2)cc1. The van der Waals surface area contributed by atoms with Gasteiger partial charge in [-0.15, -0.1) is 11.3 Å². The Labute approximate surface area is 216 Å². The van der Waals surface area contributed by atoms with Crippen LogP contribution in [-0.2, 0) is 22.6 Å². The number of hydrogen-bond acceptors (Lipinski definition) is 6. The maximum atomic E-state index is 13.3. The Morgan fingerprint density at radius 1 is 1.08 bits per heavy atom. The molecule has 3 aromatic rings. The highest BCUT2D eigenvalue weighted by Crippen LogP contribution is 2.34. The molecule has 7 nitrogen and oxygen atoms in total. The van der Waals surface area contributed by atoms with Crippen LogP contribution in [0.3, 0.4) is 0 Å². The van der Waals surface area contributed by atoms with E-state index < -0.39 is 27.5 Å². The lowest BCUT2D eigenvalue weighted by Crippen LogP contribution is -2.38. The fourth-order valence-corrected chi connectivity index (χ4v) is 5.73. The first-order valence-electron chi connectivity index (χ1n) is 11.4. The van der Waals surface area contributed by atoms with Crippen LogP contribution in [0.25, 0.3) is 0 Å². The van der Waals surface area contributed by atoms with Crippen molar-refractivity contribution < 1.29 is 31.2 Å². The molecule has 2 amide bonds. The summed E-state index contributed by atoms with van der Waals surface area (Å²) in [6.45, 7) is 0.788. The van der Waals surface area contributed by atoms with Crippen molar-refractivity contribution in [3.8, 4) is 0 Å². The molecule has 1 aliphatic heterocycles. The van der Waals surface area contributed by atoms with Crippen LogP contribution in [0.2, 0.25) is 0 Å². The predicted octanol–water partition coefficient (Wildman–Crippen LogP) is 4.52. The number of likely N-dealkylation sites (tertiary alicyclic amines) is 1. The van der Waals surface area contributed by atoms with Crippen molar-refractivity contribution in [3.63, 3.8) is 0 Å². The Kier molecular flexibility index (Phi) is 7.69. The number of nitrogens with zero attached hydrogens (tertiary/aromatic N) is 2. The monoisotopic (exact) mass is 551 g/mol. The summed E-state index contributed by atoms with van der Waals surface area (Å²) >= 11 is 1.33. The van der Waals surface area contributed by atoms with Crippen molar-refractivity contribution in [1.29, 1.82) is 0 Å². The van der Waals surface area contributed by atoms with Crippen molar-refractivity contribution >= 4 is 33.0 Å². The number of rotatable bonds is 6. The summed E-state index contributed by atoms with van der Waals surface area (Å²) in [5.41, 5.74) is -0.303. The molecule has 4 rings (SSSR count). The van der Waals surface area contributed by atoms with Crippen LogP contribution in [0.1, 0.15) is 55.7 Å². The normalized spacial score (nSPS) is 15.0. The van der Waals surface area contributed by atoms with Crippen LogP contribution in [0, 0.1) is 0 Å². The third-order valence-electron chi connectivity index (χ3n) is 6.15. The zero-order valence-corrected chi connectivity index (χ0v) is 21.4. The highest BCUT2D eigenvalue weighted by atomic mass is 32.2. The Hall–Kier alpha value is -3.25. The van der Waals surface area contributed by atoms with Gasteiger partial charge in [-0.3, -0.25) is 9.59 Å². The topological polar surface area (TPSA) is 96.4 Å². The molecule has 0 atom stereocenters. The van der Waals surface area contributed by atoms with E-state index >= 15 is 0 Å². The number of piperidine rings is 1. The second kappa shape index (κ2) is 10.6. The van der Waals surface area contributed by atoms with Gasteiger partial charge in [-0.25, -0.2) is 13.4 Å². The number of alkyl halides is 3. The lowest BCUT2D eigenvalue weighted by Gasteiger charge is -2.31. The minimum absolute atomic E-state index is 0.00278. The fourth-order valence-electron chi connectivity index (χ4n) is 4.12. The molecule has 0 radical (unpaired) electrons. The Morgan fingerprint density at radius 2 is 1.73 bits per heavy atom. The quantitative estimate of drug-likeness (QED) is 0.486. The number of halogens is 3. The van der Waals surface area contributed by atoms with E-state index in [1.165, 1.54) is 46.6 Å². The molecule has 0 bridgehead atoms. The average Bonchev–Trinajstić information content (AvgIpc) is 3.37.